The first-order chi connectivity index (χ1) is 14.7. The van der Waals surface area contributed by atoms with Gasteiger partial charge in [0, 0.05) is 18.8 Å². The molecular weight excluding hydrogens is 380 g/mol. The van der Waals surface area contributed by atoms with Crippen LogP contribution in [0.3, 0.4) is 0 Å². The molecule has 7 heteroatoms. The number of benzene rings is 1. The van der Waals surface area contributed by atoms with Crippen molar-refractivity contribution in [2.75, 3.05) is 20.8 Å². The fraction of sp³-hybridized carbons (Fsp3) is 0.348. The van der Waals surface area contributed by atoms with Crippen molar-refractivity contribution in [3.63, 3.8) is 0 Å². The minimum absolute atomic E-state index is 0.0399. The van der Waals surface area contributed by atoms with Crippen LogP contribution < -0.4 is 15.0 Å². The number of piperidine rings is 1. The van der Waals surface area contributed by atoms with Crippen LogP contribution in [0.5, 0.6) is 11.5 Å². The number of aromatic amines is 1. The highest BCUT2D eigenvalue weighted by Crippen LogP contribution is 2.36. The molecule has 1 aromatic carbocycles. The number of hydrogen-bond donors (Lipinski definition) is 1. The predicted octanol–water partition coefficient (Wildman–Crippen LogP) is 3.58. The molecule has 1 N–H and O–H groups in total. The highest BCUT2D eigenvalue weighted by atomic mass is 16.5. The molecule has 1 atom stereocenters. The van der Waals surface area contributed by atoms with Gasteiger partial charge in [0.25, 0.3) is 5.56 Å². The summed E-state index contributed by atoms with van der Waals surface area (Å²) in [6.45, 7) is 1.57. The quantitative estimate of drug-likeness (QED) is 0.674. The molecule has 0 bridgehead atoms. The third-order valence-electron chi connectivity index (χ3n) is 5.52. The number of nitrogens with zero attached hydrogens (tertiary/aromatic N) is 3. The highest BCUT2D eigenvalue weighted by molar-refractivity contribution is 5.48. The van der Waals surface area contributed by atoms with Gasteiger partial charge in [-0.25, -0.2) is 4.98 Å². The highest BCUT2D eigenvalue weighted by Gasteiger charge is 2.28. The van der Waals surface area contributed by atoms with E-state index in [-0.39, 0.29) is 11.6 Å². The molecule has 1 unspecified atom stereocenters. The average molecular weight is 406 g/mol. The van der Waals surface area contributed by atoms with Gasteiger partial charge in [0.2, 0.25) is 0 Å². The standard InChI is InChI=1S/C23H26N4O3/c1-29-20-10-7-11-21(30-2)16(20)15-27-13-6-4-9-19(27)18-14-22(28)26-23(25-18)17-8-3-5-12-24-17/h3,5,7-8,10-12,14,19H,4,6,9,13,15H2,1-2H3,(H,25,26,28). The van der Waals surface area contributed by atoms with Gasteiger partial charge in [0.1, 0.15) is 17.2 Å². The number of aromatic nitrogens is 3. The second kappa shape index (κ2) is 9.09. The van der Waals surface area contributed by atoms with E-state index >= 15 is 0 Å². The van der Waals surface area contributed by atoms with E-state index in [1.165, 1.54) is 0 Å². The molecule has 1 aliphatic heterocycles. The number of ether oxygens (including phenoxy) is 2. The topological polar surface area (TPSA) is 80.3 Å². The molecular formula is C23H26N4O3. The molecule has 0 radical (unpaired) electrons. The zero-order valence-electron chi connectivity index (χ0n) is 17.3. The molecule has 1 fully saturated rings. The maximum atomic E-state index is 12.4. The molecule has 1 saturated heterocycles. The van der Waals surface area contributed by atoms with Crippen LogP contribution in [0.15, 0.2) is 53.5 Å². The van der Waals surface area contributed by atoms with E-state index in [0.717, 1.165) is 48.6 Å². The maximum Gasteiger partial charge on any atom is 0.251 e. The van der Waals surface area contributed by atoms with Gasteiger partial charge in [-0.05, 0) is 43.7 Å². The Kier molecular flexibility index (Phi) is 6.09. The molecule has 30 heavy (non-hydrogen) atoms. The van der Waals surface area contributed by atoms with Crippen LogP contribution in [0.25, 0.3) is 11.5 Å². The van der Waals surface area contributed by atoms with E-state index in [0.29, 0.717) is 18.1 Å². The van der Waals surface area contributed by atoms with Crippen LogP contribution in [0.4, 0.5) is 0 Å². The normalized spacial score (nSPS) is 16.9. The van der Waals surface area contributed by atoms with E-state index in [1.807, 2.05) is 36.4 Å². The van der Waals surface area contributed by atoms with E-state index in [9.17, 15) is 4.79 Å². The number of nitrogens with one attached hydrogen (secondary N) is 1. The number of hydrogen-bond acceptors (Lipinski definition) is 6. The molecule has 0 spiro atoms. The average Bonchev–Trinajstić information content (AvgIpc) is 2.79. The van der Waals surface area contributed by atoms with Crippen LogP contribution >= 0.6 is 0 Å². The molecule has 1 aliphatic rings. The zero-order chi connectivity index (χ0) is 20.9. The van der Waals surface area contributed by atoms with Gasteiger partial charge in [0.15, 0.2) is 5.82 Å². The SMILES string of the molecule is COc1cccc(OC)c1CN1CCCCC1c1cc(=O)[nH]c(-c2ccccn2)n1. The molecule has 156 valence electrons. The van der Waals surface area contributed by atoms with Crippen LogP contribution in [-0.4, -0.2) is 40.6 Å². The Bertz CT molecular complexity index is 1030. The molecule has 3 aromatic rings. The Labute approximate surface area is 175 Å². The van der Waals surface area contributed by atoms with Gasteiger partial charge in [-0.3, -0.25) is 14.7 Å². The van der Waals surface area contributed by atoms with Crippen molar-refractivity contribution >= 4 is 0 Å². The first-order valence-corrected chi connectivity index (χ1v) is 10.2. The molecule has 2 aromatic heterocycles. The minimum atomic E-state index is -0.166. The summed E-state index contributed by atoms with van der Waals surface area (Å²) in [5.41, 5.74) is 2.27. The number of pyridine rings is 1. The Balaban J connectivity index is 1.69. The molecule has 3 heterocycles. The van der Waals surface area contributed by atoms with Gasteiger partial charge < -0.3 is 14.5 Å². The summed E-state index contributed by atoms with van der Waals surface area (Å²) in [6.07, 6.45) is 4.83. The van der Waals surface area contributed by atoms with Gasteiger partial charge in [0.05, 0.1) is 31.5 Å². The second-order valence-electron chi connectivity index (χ2n) is 7.36. The van der Waals surface area contributed by atoms with E-state index < -0.39 is 0 Å². The summed E-state index contributed by atoms with van der Waals surface area (Å²) in [7, 11) is 3.34. The lowest BCUT2D eigenvalue weighted by atomic mass is 9.97. The summed E-state index contributed by atoms with van der Waals surface area (Å²) in [5, 5.41) is 0. The number of rotatable bonds is 6. The maximum absolute atomic E-state index is 12.4. The number of likely N-dealkylation sites (tertiary alicyclic amines) is 1. The van der Waals surface area contributed by atoms with Crippen molar-refractivity contribution in [3.8, 4) is 23.0 Å². The van der Waals surface area contributed by atoms with Crippen LogP contribution in [0, 0.1) is 0 Å². The summed E-state index contributed by atoms with van der Waals surface area (Å²) in [5.74, 6) is 2.09. The van der Waals surface area contributed by atoms with Gasteiger partial charge in [-0.1, -0.05) is 18.6 Å². The third-order valence-corrected chi connectivity index (χ3v) is 5.52. The summed E-state index contributed by atoms with van der Waals surface area (Å²) >= 11 is 0. The van der Waals surface area contributed by atoms with E-state index in [4.69, 9.17) is 14.5 Å². The number of methoxy groups -OCH3 is 2. The Morgan fingerprint density at radius 3 is 2.60 bits per heavy atom. The van der Waals surface area contributed by atoms with Crippen molar-refractivity contribution in [1.82, 2.24) is 19.9 Å². The Morgan fingerprint density at radius 2 is 1.90 bits per heavy atom. The van der Waals surface area contributed by atoms with Gasteiger partial charge in [-0.2, -0.15) is 0 Å². The largest absolute Gasteiger partial charge is 0.496 e. The molecule has 7 nitrogen and oxygen atoms in total. The fourth-order valence-electron chi connectivity index (χ4n) is 4.07. The van der Waals surface area contributed by atoms with Crippen LogP contribution in [0.2, 0.25) is 0 Å². The lowest BCUT2D eigenvalue weighted by Gasteiger charge is -2.36. The lowest BCUT2D eigenvalue weighted by Crippen LogP contribution is -2.34. The monoisotopic (exact) mass is 406 g/mol. The first kappa shape index (κ1) is 20.1. The summed E-state index contributed by atoms with van der Waals surface area (Å²) in [4.78, 5) is 26.7. The van der Waals surface area contributed by atoms with Crippen molar-refractivity contribution in [2.24, 2.45) is 0 Å². The van der Waals surface area contributed by atoms with Crippen LogP contribution in [0.1, 0.15) is 36.6 Å². The van der Waals surface area contributed by atoms with E-state index in [2.05, 4.69) is 14.9 Å². The van der Waals surface area contributed by atoms with Gasteiger partial charge in [-0.15, -0.1) is 0 Å². The molecule has 4 rings (SSSR count). The third kappa shape index (κ3) is 4.21. The van der Waals surface area contributed by atoms with Crippen LogP contribution in [-0.2, 0) is 6.54 Å². The lowest BCUT2D eigenvalue weighted by molar-refractivity contribution is 0.134. The zero-order valence-corrected chi connectivity index (χ0v) is 17.3. The smallest absolute Gasteiger partial charge is 0.251 e. The fourth-order valence-corrected chi connectivity index (χ4v) is 4.07. The van der Waals surface area contributed by atoms with E-state index in [1.54, 1.807) is 26.5 Å². The van der Waals surface area contributed by atoms with Crippen molar-refractivity contribution in [1.29, 1.82) is 0 Å². The number of H-pyrrole nitrogens is 1. The Hall–Kier alpha value is -3.19. The molecule has 0 amide bonds. The summed E-state index contributed by atoms with van der Waals surface area (Å²) in [6, 6.07) is 13.0. The van der Waals surface area contributed by atoms with Crippen molar-refractivity contribution < 1.29 is 9.47 Å². The van der Waals surface area contributed by atoms with Crippen molar-refractivity contribution in [3.05, 3.63) is 70.3 Å². The summed E-state index contributed by atoms with van der Waals surface area (Å²) < 4.78 is 11.2. The molecule has 0 aliphatic carbocycles. The van der Waals surface area contributed by atoms with Gasteiger partial charge >= 0.3 is 0 Å². The first-order valence-electron chi connectivity index (χ1n) is 10.2. The minimum Gasteiger partial charge on any atom is -0.496 e. The predicted molar refractivity (Wildman–Crippen MR) is 115 cm³/mol. The Morgan fingerprint density at radius 1 is 1.10 bits per heavy atom. The second-order valence-corrected chi connectivity index (χ2v) is 7.36. The van der Waals surface area contributed by atoms with Crippen molar-refractivity contribution in [2.45, 2.75) is 31.8 Å². The molecule has 0 saturated carbocycles.